The van der Waals surface area contributed by atoms with Gasteiger partial charge in [0.05, 0.1) is 10.8 Å². The number of carbonyl (C=O) groups is 5. The van der Waals surface area contributed by atoms with Gasteiger partial charge in [-0.05, 0) is 69.1 Å². The van der Waals surface area contributed by atoms with Crippen molar-refractivity contribution in [3.63, 3.8) is 0 Å². The minimum absolute atomic E-state index is 0.0154. The second-order valence-corrected chi connectivity index (χ2v) is 20.0. The number of nitrogens with one attached hydrogen (secondary N) is 2. The third-order valence-electron chi connectivity index (χ3n) is 10.2. The number of sulfonamides is 1. The van der Waals surface area contributed by atoms with Gasteiger partial charge in [-0.2, -0.15) is 0 Å². The van der Waals surface area contributed by atoms with E-state index in [4.69, 9.17) is 6.42 Å². The Bertz CT molecular complexity index is 1430. The van der Waals surface area contributed by atoms with Crippen molar-refractivity contribution in [3.8, 4) is 12.3 Å². The Morgan fingerprint density at radius 3 is 2.14 bits per heavy atom. The number of Topliss-reactive ketones (excluding diaryl/α,β-unsaturated/α-hetero) is 3. The number of likely N-dealkylation sites (N-methyl/N-ethyl adjacent to an activating group) is 1. The van der Waals surface area contributed by atoms with Gasteiger partial charge in [-0.3, -0.25) is 19.2 Å². The fourth-order valence-electron chi connectivity index (χ4n) is 6.98. The molecule has 1 heterocycles. The molecule has 1 aliphatic carbocycles. The summed E-state index contributed by atoms with van der Waals surface area (Å²) in [7, 11) is -2.18. The number of terminal acetylenes is 1. The maximum atomic E-state index is 14.5. The van der Waals surface area contributed by atoms with Crippen molar-refractivity contribution in [2.45, 2.75) is 137 Å². The van der Waals surface area contributed by atoms with E-state index in [2.05, 4.69) is 23.1 Å². The van der Waals surface area contributed by atoms with Crippen LogP contribution in [0.3, 0.4) is 0 Å². The minimum Gasteiger partial charge on any atom is -0.334 e. The second kappa shape index (κ2) is 17.0. The first-order chi connectivity index (χ1) is 22.9. The van der Waals surface area contributed by atoms with E-state index in [1.807, 2.05) is 41.5 Å². The zero-order valence-electron chi connectivity index (χ0n) is 32.1. The topological polar surface area (TPSA) is 150 Å². The average molecular weight is 719 g/mol. The summed E-state index contributed by atoms with van der Waals surface area (Å²) >= 11 is 0. The zero-order chi connectivity index (χ0) is 38.4. The van der Waals surface area contributed by atoms with Crippen LogP contribution >= 0.6 is 0 Å². The highest BCUT2D eigenvalue weighted by Crippen LogP contribution is 2.44. The number of hydrogen-bond acceptors (Lipinski definition) is 7. The Labute approximate surface area is 301 Å². The third-order valence-corrected chi connectivity index (χ3v) is 12.7. The summed E-state index contributed by atoms with van der Waals surface area (Å²) in [5, 5.41) is 5.81. The first-order valence-electron chi connectivity index (χ1n) is 17.9. The summed E-state index contributed by atoms with van der Waals surface area (Å²) in [6.07, 6.45) is 10.2. The summed E-state index contributed by atoms with van der Waals surface area (Å²) < 4.78 is 26.5. The first-order valence-corrected chi connectivity index (χ1v) is 19.3. The lowest BCUT2D eigenvalue weighted by atomic mass is 9.83. The van der Waals surface area contributed by atoms with Crippen LogP contribution in [0.2, 0.25) is 0 Å². The maximum absolute atomic E-state index is 14.5. The van der Waals surface area contributed by atoms with Crippen molar-refractivity contribution >= 4 is 39.3 Å². The van der Waals surface area contributed by atoms with Crippen LogP contribution in [0.5, 0.6) is 0 Å². The maximum Gasteiger partial charge on any atom is 0.315 e. The molecule has 1 saturated carbocycles. The first kappa shape index (κ1) is 43.1. The molecule has 2 N–H and O–H groups in total. The molecule has 0 aromatic rings. The van der Waals surface area contributed by atoms with Crippen molar-refractivity contribution in [1.29, 1.82) is 0 Å². The van der Waals surface area contributed by atoms with Crippen molar-refractivity contribution in [2.75, 3.05) is 20.1 Å². The number of rotatable bonds is 16. The number of allylic oxidation sites excluding steroid dienone is 1. The van der Waals surface area contributed by atoms with E-state index >= 15 is 0 Å². The molecule has 2 rings (SSSR count). The SMILES string of the molecule is C#CCCC(CC(=O)[C@@H]1[C@H]2CCC[C@H]2CN1C(=O)[C@@H](NC(=O)N[C@H](CN(C)S(=O)(=O)C(C)(C)C)C(C)(C)C)C(C)(C)C)C(=O)C(=O)CCC=C. The molecule has 0 aromatic carbocycles. The molecule has 11 nitrogen and oxygen atoms in total. The lowest BCUT2D eigenvalue weighted by Gasteiger charge is -2.39. The lowest BCUT2D eigenvalue weighted by Crippen LogP contribution is -2.61. The molecule has 0 spiro atoms. The predicted octanol–water partition coefficient (Wildman–Crippen LogP) is 4.90. The van der Waals surface area contributed by atoms with E-state index in [0.29, 0.717) is 13.0 Å². The zero-order valence-corrected chi connectivity index (χ0v) is 32.9. The van der Waals surface area contributed by atoms with Crippen LogP contribution in [0.1, 0.15) is 114 Å². The highest BCUT2D eigenvalue weighted by Gasteiger charge is 2.52. The highest BCUT2D eigenvalue weighted by atomic mass is 32.2. The lowest BCUT2D eigenvalue weighted by molar-refractivity contribution is -0.144. The van der Waals surface area contributed by atoms with E-state index in [1.165, 1.54) is 11.4 Å². The number of nitrogens with zero attached hydrogens (tertiary/aromatic N) is 2. The van der Waals surface area contributed by atoms with Crippen LogP contribution in [0.4, 0.5) is 4.79 Å². The van der Waals surface area contributed by atoms with Crippen LogP contribution < -0.4 is 10.6 Å². The smallest absolute Gasteiger partial charge is 0.315 e. The summed E-state index contributed by atoms with van der Waals surface area (Å²) in [5.41, 5.74) is -1.29. The second-order valence-electron chi connectivity index (χ2n) is 17.2. The van der Waals surface area contributed by atoms with Gasteiger partial charge >= 0.3 is 6.03 Å². The Balaban J connectivity index is 2.36. The fourth-order valence-corrected chi connectivity index (χ4v) is 8.26. The van der Waals surface area contributed by atoms with Crippen LogP contribution in [0.15, 0.2) is 12.7 Å². The summed E-state index contributed by atoms with van der Waals surface area (Å²) in [6.45, 7) is 20.0. The van der Waals surface area contributed by atoms with E-state index < -0.39 is 73.1 Å². The van der Waals surface area contributed by atoms with Gasteiger partial charge in [0.1, 0.15) is 6.04 Å². The molecule has 0 aromatic heterocycles. The van der Waals surface area contributed by atoms with Gasteiger partial charge in [-0.25, -0.2) is 17.5 Å². The van der Waals surface area contributed by atoms with Gasteiger partial charge in [0.2, 0.25) is 21.7 Å². The molecule has 6 atom stereocenters. The summed E-state index contributed by atoms with van der Waals surface area (Å²) in [4.78, 5) is 69.7. The molecule has 1 aliphatic heterocycles. The predicted molar refractivity (Wildman–Crippen MR) is 196 cm³/mol. The van der Waals surface area contributed by atoms with Gasteiger partial charge in [0.25, 0.3) is 0 Å². The van der Waals surface area contributed by atoms with E-state index in [0.717, 1.165) is 19.3 Å². The minimum atomic E-state index is -3.67. The molecule has 2 fully saturated rings. The van der Waals surface area contributed by atoms with E-state index in [9.17, 15) is 32.4 Å². The molecule has 1 unspecified atom stereocenters. The largest absolute Gasteiger partial charge is 0.334 e. The number of hydrogen-bond donors (Lipinski definition) is 2. The number of likely N-dealkylation sites (tertiary alicyclic amines) is 1. The fraction of sp³-hybridized carbons (Fsp3) is 0.763. The quantitative estimate of drug-likeness (QED) is 0.131. The third kappa shape index (κ3) is 10.7. The normalized spacial score (nSPS) is 21.5. The Hall–Kier alpha value is -3.04. The Morgan fingerprint density at radius 1 is 1.00 bits per heavy atom. The van der Waals surface area contributed by atoms with Gasteiger partial charge < -0.3 is 15.5 Å². The average Bonchev–Trinajstić information content (AvgIpc) is 3.59. The molecule has 282 valence electrons. The van der Waals surface area contributed by atoms with Crippen LogP contribution in [-0.2, 0) is 29.2 Å². The van der Waals surface area contributed by atoms with Crippen molar-refractivity contribution in [2.24, 2.45) is 28.6 Å². The standard InChI is InChI=1S/C38H62N4O7S/c1-13-15-18-25(32(45)28(43)21-16-14-2)22-29(44)31-27-20-17-19-26(27)23-42(31)34(46)33(37(6,7)8)40-35(47)39-30(36(3,4)5)24-41(12)50(48,49)38(9,10)11/h1,14,25-27,30-31,33H,2,15-24H2,3-12H3,(H2,39,40,47)/t25?,26-,27-,30+,31-,33+/m0/s1. The molecule has 2 aliphatic rings. The van der Waals surface area contributed by atoms with Crippen LogP contribution in [0.25, 0.3) is 0 Å². The Morgan fingerprint density at radius 2 is 1.62 bits per heavy atom. The van der Waals surface area contributed by atoms with Gasteiger partial charge in [0.15, 0.2) is 11.6 Å². The molecular formula is C38H62N4O7S. The number of fused-ring (bicyclic) bond motifs is 1. The van der Waals surface area contributed by atoms with Gasteiger partial charge in [0, 0.05) is 51.4 Å². The van der Waals surface area contributed by atoms with Crippen LogP contribution in [0, 0.1) is 40.9 Å². The number of ketones is 3. The molecule has 3 amide bonds. The molecule has 50 heavy (non-hydrogen) atoms. The number of carbonyl (C=O) groups excluding carboxylic acids is 5. The molecular weight excluding hydrogens is 657 g/mol. The van der Waals surface area contributed by atoms with Crippen molar-refractivity contribution < 1.29 is 32.4 Å². The Kier molecular flexibility index (Phi) is 14.6. The number of amides is 3. The van der Waals surface area contributed by atoms with Gasteiger partial charge in [-0.1, -0.05) is 54.0 Å². The monoisotopic (exact) mass is 718 g/mol. The molecule has 0 radical (unpaired) electrons. The van der Waals surface area contributed by atoms with Gasteiger partial charge in [-0.15, -0.1) is 18.9 Å². The van der Waals surface area contributed by atoms with Crippen molar-refractivity contribution in [1.82, 2.24) is 19.8 Å². The molecule has 12 heteroatoms. The van der Waals surface area contributed by atoms with Crippen LogP contribution in [-0.4, -0.2) is 89.9 Å². The van der Waals surface area contributed by atoms with E-state index in [-0.39, 0.29) is 49.8 Å². The molecule has 0 bridgehead atoms. The molecule has 1 saturated heterocycles. The summed E-state index contributed by atoms with van der Waals surface area (Å²) in [6, 6.07) is -3.03. The summed E-state index contributed by atoms with van der Waals surface area (Å²) in [5.74, 6) is -0.171. The number of urea groups is 1. The van der Waals surface area contributed by atoms with Crippen molar-refractivity contribution in [3.05, 3.63) is 12.7 Å². The van der Waals surface area contributed by atoms with E-state index in [1.54, 1.807) is 31.7 Å². The highest BCUT2D eigenvalue weighted by molar-refractivity contribution is 7.90.